The van der Waals surface area contributed by atoms with Crippen LogP contribution in [0.1, 0.15) is 13.8 Å². The fraction of sp³-hybridized carbons (Fsp3) is 0.438. The Hall–Kier alpha value is -1.14. The molecule has 0 spiro atoms. The second kappa shape index (κ2) is 14.1. The van der Waals surface area contributed by atoms with Crippen LogP contribution in [0.2, 0.25) is 5.02 Å². The van der Waals surface area contributed by atoms with E-state index < -0.39 is 21.7 Å². The zero-order valence-electron chi connectivity index (χ0n) is 16.7. The molecule has 2 N–H and O–H groups in total. The number of pyridine rings is 1. The predicted molar refractivity (Wildman–Crippen MR) is 104 cm³/mol. The summed E-state index contributed by atoms with van der Waals surface area (Å²) in [5.41, 5.74) is 1.82. The second-order valence-electron chi connectivity index (χ2n) is 5.93. The van der Waals surface area contributed by atoms with Crippen LogP contribution in [-0.4, -0.2) is 47.3 Å². The third-order valence-corrected chi connectivity index (χ3v) is 3.83. The lowest BCUT2D eigenvalue weighted by Gasteiger charge is -2.36. The first-order valence-corrected chi connectivity index (χ1v) is 12.1. The summed E-state index contributed by atoms with van der Waals surface area (Å²) in [7, 11) is -10.8. The first-order valence-electron chi connectivity index (χ1n) is 8.78. The Morgan fingerprint density at radius 1 is 1.06 bits per heavy atom. The Labute approximate surface area is 184 Å². The number of fused-ring (bicyclic) bond motifs is 1. The van der Waals surface area contributed by atoms with Gasteiger partial charge in [-0.3, -0.25) is 4.98 Å². The van der Waals surface area contributed by atoms with E-state index in [1.54, 1.807) is 6.20 Å². The Bertz CT molecular complexity index is 853. The fourth-order valence-electron chi connectivity index (χ4n) is 2.35. The van der Waals surface area contributed by atoms with E-state index in [4.69, 9.17) is 50.1 Å². The lowest BCUT2D eigenvalue weighted by molar-refractivity contribution is -0.434. The minimum atomic E-state index is -5.39. The maximum absolute atomic E-state index is 10.1. The van der Waals surface area contributed by atoms with Crippen molar-refractivity contribution in [2.24, 2.45) is 0 Å². The summed E-state index contributed by atoms with van der Waals surface area (Å²) in [4.78, 5) is 57.8. The van der Waals surface area contributed by atoms with Crippen molar-refractivity contribution in [2.45, 2.75) is 20.0 Å². The maximum atomic E-state index is 10.1. The Balaban J connectivity index is 0.000000752. The van der Waals surface area contributed by atoms with Gasteiger partial charge in [0.15, 0.2) is 0 Å². The molecule has 0 radical (unpaired) electrons. The van der Waals surface area contributed by atoms with Gasteiger partial charge in [0.25, 0.3) is 0 Å². The minimum Gasteiger partial charge on any atom is -0.822 e. The minimum absolute atomic E-state index is 0.402. The van der Waals surface area contributed by atoms with Gasteiger partial charge in [0, 0.05) is 35.4 Å². The number of halogens is 1. The van der Waals surface area contributed by atoms with Gasteiger partial charge in [-0.25, -0.2) is 0 Å². The van der Waals surface area contributed by atoms with Crippen molar-refractivity contribution in [3.63, 3.8) is 0 Å². The smallest absolute Gasteiger partial charge is 0.0839 e. The van der Waals surface area contributed by atoms with E-state index in [9.17, 15) is 5.11 Å². The summed E-state index contributed by atoms with van der Waals surface area (Å²) >= 11 is 5.98. The zero-order chi connectivity index (χ0) is 24.2. The van der Waals surface area contributed by atoms with E-state index in [2.05, 4.69) is 29.0 Å². The lowest BCUT2D eigenvalue weighted by atomic mass is 10.2. The fourth-order valence-corrected chi connectivity index (χ4v) is 2.51. The van der Waals surface area contributed by atoms with Gasteiger partial charge in [0.05, 0.1) is 11.6 Å². The first-order chi connectivity index (χ1) is 14.1. The molecule has 1 unspecified atom stereocenters. The molecule has 0 saturated carbocycles. The van der Waals surface area contributed by atoms with Crippen molar-refractivity contribution >= 4 is 43.8 Å². The van der Waals surface area contributed by atoms with E-state index in [0.29, 0.717) is 18.1 Å². The van der Waals surface area contributed by atoms with Gasteiger partial charge in [-0.2, -0.15) is 15.6 Å². The molecule has 1 atom stereocenters. The molecule has 178 valence electrons. The Kier molecular flexibility index (Phi) is 13.6. The van der Waals surface area contributed by atoms with E-state index in [0.717, 1.165) is 29.7 Å². The molecule has 0 bridgehead atoms. The van der Waals surface area contributed by atoms with Gasteiger partial charge in [-0.1, -0.05) is 25.4 Å². The highest BCUT2D eigenvalue weighted by Crippen LogP contribution is 2.24. The second-order valence-corrected chi connectivity index (χ2v) is 8.16. The number of nitrogens with zero attached hydrogens (tertiary/aromatic N) is 2. The molecule has 1 aromatic heterocycles. The molecular weight excluding hydrogens is 476 g/mol. The number of phosphoric acid groups is 2. The van der Waals surface area contributed by atoms with Crippen molar-refractivity contribution < 1.29 is 43.6 Å². The summed E-state index contributed by atoms with van der Waals surface area (Å²) in [6, 6.07) is 7.56. The Morgan fingerprint density at radius 3 is 2.06 bits per heavy atom. The van der Waals surface area contributed by atoms with Gasteiger partial charge in [-0.15, -0.1) is 0 Å². The molecule has 15 heteroatoms. The van der Waals surface area contributed by atoms with Crippen LogP contribution in [0.25, 0.3) is 10.9 Å². The number of likely N-dealkylation sites (N-methyl/N-ethyl adjacent to an activating group) is 1. The van der Waals surface area contributed by atoms with Crippen molar-refractivity contribution in [3.05, 3.63) is 35.5 Å². The molecular formula is C16H22ClN3O9P2-6. The highest BCUT2D eigenvalue weighted by molar-refractivity contribution is 7.40. The van der Waals surface area contributed by atoms with Crippen LogP contribution < -0.4 is 34.7 Å². The molecule has 12 nitrogen and oxygen atoms in total. The van der Waals surface area contributed by atoms with E-state index in [1.807, 2.05) is 24.3 Å². The number of rotatable bonds is 7. The van der Waals surface area contributed by atoms with Gasteiger partial charge in [0.1, 0.15) is 0 Å². The average molecular weight is 498 g/mol. The quantitative estimate of drug-likeness (QED) is 0.374. The van der Waals surface area contributed by atoms with Crippen LogP contribution in [0.15, 0.2) is 30.5 Å². The summed E-state index contributed by atoms with van der Waals surface area (Å²) < 4.78 is 17.1. The molecule has 0 aliphatic rings. The number of benzene rings is 1. The standard InChI is InChI=1S/C16H22ClN3O.2H3O4P/c1-3-20(4-2)11-13(21)10-19-15-7-8-18-16-9-12(17)5-6-14(15)16;2*1-5(2,3)4/h5-9,13,21H,3-4,10-11H2,1-2H3,(H,18,19);2*(H3,1,2,3,4)/p-6. The number of aromatic nitrogens is 1. The van der Waals surface area contributed by atoms with Gasteiger partial charge in [0.2, 0.25) is 0 Å². The highest BCUT2D eigenvalue weighted by atomic mass is 35.5. The van der Waals surface area contributed by atoms with Crippen LogP contribution in [0.4, 0.5) is 5.69 Å². The largest absolute Gasteiger partial charge is 0.822 e. The Morgan fingerprint density at radius 2 is 1.58 bits per heavy atom. The molecule has 2 aromatic rings. The topological polar surface area (TPSA) is 221 Å². The summed E-state index contributed by atoms with van der Waals surface area (Å²) in [6.07, 6.45) is 1.35. The van der Waals surface area contributed by atoms with E-state index >= 15 is 0 Å². The first kappa shape index (κ1) is 29.9. The van der Waals surface area contributed by atoms with Gasteiger partial charge in [-0.05, 0) is 37.4 Å². The summed E-state index contributed by atoms with van der Waals surface area (Å²) in [5, 5.41) is 15.1. The van der Waals surface area contributed by atoms with E-state index in [1.165, 1.54) is 0 Å². The van der Waals surface area contributed by atoms with Crippen molar-refractivity contribution in [1.82, 2.24) is 9.88 Å². The highest BCUT2D eigenvalue weighted by Gasteiger charge is 2.10. The number of hydrogen-bond donors (Lipinski definition) is 2. The lowest BCUT2D eigenvalue weighted by Crippen LogP contribution is -2.35. The van der Waals surface area contributed by atoms with Crippen LogP contribution in [0.3, 0.4) is 0 Å². The van der Waals surface area contributed by atoms with Crippen molar-refractivity contribution in [2.75, 3.05) is 31.5 Å². The molecule has 0 aliphatic carbocycles. The van der Waals surface area contributed by atoms with Crippen molar-refractivity contribution in [1.29, 1.82) is 0 Å². The predicted octanol–water partition coefficient (Wildman–Crippen LogP) is -2.65. The molecule has 2 rings (SSSR count). The van der Waals surface area contributed by atoms with Crippen LogP contribution in [0, 0.1) is 0 Å². The molecule has 0 amide bonds. The monoisotopic (exact) mass is 497 g/mol. The maximum Gasteiger partial charge on any atom is 0.0839 e. The number of aliphatic hydroxyl groups is 1. The molecule has 0 saturated heterocycles. The van der Waals surface area contributed by atoms with Gasteiger partial charge < -0.3 is 53.8 Å². The van der Waals surface area contributed by atoms with Crippen LogP contribution >= 0.6 is 27.2 Å². The number of nitrogens with one attached hydrogen (secondary N) is 1. The SMILES string of the molecule is CCN(CC)CC(O)CNc1ccnc2cc(Cl)ccc12.O=P([O-])([O-])[O-].O=P([O-])([O-])[O-]. The summed E-state index contributed by atoms with van der Waals surface area (Å²) in [5.74, 6) is 0. The molecule has 31 heavy (non-hydrogen) atoms. The van der Waals surface area contributed by atoms with Crippen LogP contribution in [-0.2, 0) is 9.13 Å². The summed E-state index contributed by atoms with van der Waals surface area (Å²) in [6.45, 7) is 7.29. The molecule has 1 aromatic carbocycles. The molecule has 0 aliphatic heterocycles. The average Bonchev–Trinajstić information content (AvgIpc) is 2.61. The number of hydrogen-bond acceptors (Lipinski definition) is 12. The normalized spacial score (nSPS) is 12.5. The van der Waals surface area contributed by atoms with Crippen molar-refractivity contribution in [3.8, 4) is 0 Å². The number of aliphatic hydroxyl groups excluding tert-OH is 1. The molecule has 1 heterocycles. The van der Waals surface area contributed by atoms with Crippen LogP contribution in [0.5, 0.6) is 0 Å². The zero-order valence-corrected chi connectivity index (χ0v) is 19.2. The van der Waals surface area contributed by atoms with Gasteiger partial charge >= 0.3 is 0 Å². The van der Waals surface area contributed by atoms with E-state index in [-0.39, 0.29) is 0 Å². The number of anilines is 1. The molecule has 0 fully saturated rings. The third kappa shape index (κ3) is 17.1. The third-order valence-electron chi connectivity index (χ3n) is 3.60.